The Morgan fingerprint density at radius 1 is 1.08 bits per heavy atom. The Balaban J connectivity index is 1.43. The van der Waals surface area contributed by atoms with E-state index < -0.39 is 24.3 Å². The lowest BCUT2D eigenvalue weighted by Gasteiger charge is -2.14. The van der Waals surface area contributed by atoms with Crippen LogP contribution in [0.4, 0.5) is 24.5 Å². The maximum atomic E-state index is 13.0. The number of hydrogen-bond donors (Lipinski definition) is 1. The van der Waals surface area contributed by atoms with E-state index in [0.29, 0.717) is 26.2 Å². The number of nitrogens with zero attached hydrogens (tertiary/aromatic N) is 1. The topological polar surface area (TPSA) is 67.9 Å². The zero-order valence-corrected chi connectivity index (χ0v) is 21.8. The van der Waals surface area contributed by atoms with Gasteiger partial charge in [-0.15, -0.1) is 0 Å². The Labute approximate surface area is 226 Å². The number of carbonyl (C=O) groups excluding carboxylic acids is 2. The summed E-state index contributed by atoms with van der Waals surface area (Å²) >= 11 is 6.60. The highest BCUT2D eigenvalue weighted by atomic mass is 32.2. The highest BCUT2D eigenvalue weighted by Crippen LogP contribution is 2.37. The summed E-state index contributed by atoms with van der Waals surface area (Å²) in [6.45, 7) is 1.50. The van der Waals surface area contributed by atoms with Gasteiger partial charge in [0.1, 0.15) is 0 Å². The molecule has 0 saturated carbocycles. The maximum Gasteiger partial charge on any atom is 0.416 e. The van der Waals surface area contributed by atoms with Crippen LogP contribution in [0.15, 0.2) is 71.6 Å². The first kappa shape index (κ1) is 27.2. The number of nitrogens with one attached hydrogen (secondary N) is 1. The van der Waals surface area contributed by atoms with Crippen molar-refractivity contribution in [1.82, 2.24) is 0 Å². The van der Waals surface area contributed by atoms with Crippen LogP contribution in [-0.4, -0.2) is 29.9 Å². The molecular weight excluding hydrogens is 537 g/mol. The number of alkyl halides is 3. The van der Waals surface area contributed by atoms with Crippen LogP contribution in [0.2, 0.25) is 0 Å². The molecular formula is C27H21F3N2O4S2. The van der Waals surface area contributed by atoms with Crippen molar-refractivity contribution in [1.29, 1.82) is 0 Å². The Bertz CT molecular complexity index is 1420. The predicted octanol–water partition coefficient (Wildman–Crippen LogP) is 6.45. The molecule has 38 heavy (non-hydrogen) atoms. The highest BCUT2D eigenvalue weighted by Gasteiger charge is 2.33. The maximum absolute atomic E-state index is 13.0. The van der Waals surface area contributed by atoms with Crippen LogP contribution in [0.25, 0.3) is 6.08 Å². The zero-order valence-electron chi connectivity index (χ0n) is 20.2. The zero-order chi connectivity index (χ0) is 27.4. The number of aryl methyl sites for hydroxylation is 1. The first-order valence-electron chi connectivity index (χ1n) is 11.2. The smallest absolute Gasteiger partial charge is 0.416 e. The molecule has 1 saturated heterocycles. The van der Waals surface area contributed by atoms with Gasteiger partial charge in [-0.05, 0) is 61.0 Å². The Morgan fingerprint density at radius 2 is 1.82 bits per heavy atom. The predicted molar refractivity (Wildman–Crippen MR) is 145 cm³/mol. The molecule has 1 heterocycles. The largest absolute Gasteiger partial charge is 0.493 e. The summed E-state index contributed by atoms with van der Waals surface area (Å²) in [5, 5.41) is 2.38. The lowest BCUT2D eigenvalue weighted by molar-refractivity contribution is -0.137. The lowest BCUT2D eigenvalue weighted by atomic mass is 10.1. The molecule has 6 nitrogen and oxygen atoms in total. The van der Waals surface area contributed by atoms with Crippen molar-refractivity contribution >= 4 is 57.6 Å². The molecule has 0 aliphatic carbocycles. The van der Waals surface area contributed by atoms with Gasteiger partial charge in [0.05, 0.1) is 23.3 Å². The number of thiocarbonyl (C=S) groups is 1. The molecule has 3 aromatic carbocycles. The fourth-order valence-corrected chi connectivity index (χ4v) is 4.84. The van der Waals surface area contributed by atoms with E-state index in [2.05, 4.69) is 5.32 Å². The number of rotatable bonds is 7. The van der Waals surface area contributed by atoms with Gasteiger partial charge in [-0.1, -0.05) is 53.8 Å². The monoisotopic (exact) mass is 558 g/mol. The summed E-state index contributed by atoms with van der Waals surface area (Å²) in [5.74, 6) is -0.333. The van der Waals surface area contributed by atoms with Crippen LogP contribution < -0.4 is 19.7 Å². The third-order valence-corrected chi connectivity index (χ3v) is 6.71. The Hall–Kier alpha value is -3.83. The van der Waals surface area contributed by atoms with E-state index >= 15 is 0 Å². The van der Waals surface area contributed by atoms with Gasteiger partial charge in [-0.3, -0.25) is 14.5 Å². The highest BCUT2D eigenvalue weighted by molar-refractivity contribution is 8.27. The number of anilines is 2. The van der Waals surface area contributed by atoms with Crippen molar-refractivity contribution in [3.63, 3.8) is 0 Å². The quantitative estimate of drug-likeness (QED) is 0.266. The normalized spacial score (nSPS) is 14.7. The Kier molecular flexibility index (Phi) is 8.08. The average molecular weight is 559 g/mol. The summed E-state index contributed by atoms with van der Waals surface area (Å²) in [4.78, 5) is 27.2. The molecule has 1 fully saturated rings. The molecule has 0 atom stereocenters. The van der Waals surface area contributed by atoms with E-state index in [-0.39, 0.29) is 17.3 Å². The second-order valence-electron chi connectivity index (χ2n) is 8.18. The summed E-state index contributed by atoms with van der Waals surface area (Å²) in [7, 11) is 1.42. The number of amides is 2. The summed E-state index contributed by atoms with van der Waals surface area (Å²) in [6.07, 6.45) is -2.84. The van der Waals surface area contributed by atoms with Gasteiger partial charge in [0.15, 0.2) is 22.4 Å². The van der Waals surface area contributed by atoms with Gasteiger partial charge in [-0.25, -0.2) is 0 Å². The first-order chi connectivity index (χ1) is 18.0. The lowest BCUT2D eigenvalue weighted by Crippen LogP contribution is -2.27. The van der Waals surface area contributed by atoms with Gasteiger partial charge < -0.3 is 14.8 Å². The molecule has 0 aromatic heterocycles. The first-order valence-corrected chi connectivity index (χ1v) is 12.4. The van der Waals surface area contributed by atoms with Crippen LogP contribution in [-0.2, 0) is 15.8 Å². The van der Waals surface area contributed by atoms with Crippen molar-refractivity contribution in [3.05, 3.63) is 88.3 Å². The van der Waals surface area contributed by atoms with E-state index in [1.54, 1.807) is 24.3 Å². The second-order valence-corrected chi connectivity index (χ2v) is 9.85. The molecule has 2 amide bonds. The average Bonchev–Trinajstić information content (AvgIpc) is 3.15. The molecule has 0 unspecified atom stereocenters. The van der Waals surface area contributed by atoms with Crippen molar-refractivity contribution in [3.8, 4) is 11.5 Å². The van der Waals surface area contributed by atoms with Gasteiger partial charge in [0, 0.05) is 5.69 Å². The third-order valence-electron chi connectivity index (χ3n) is 5.40. The molecule has 3 aromatic rings. The van der Waals surface area contributed by atoms with E-state index in [9.17, 15) is 22.8 Å². The minimum Gasteiger partial charge on any atom is -0.493 e. The molecule has 1 aliphatic heterocycles. The third kappa shape index (κ3) is 6.35. The van der Waals surface area contributed by atoms with Crippen molar-refractivity contribution in [2.24, 2.45) is 0 Å². The molecule has 0 spiro atoms. The molecule has 11 heteroatoms. The molecule has 1 N–H and O–H groups in total. The molecule has 196 valence electrons. The van der Waals surface area contributed by atoms with Gasteiger partial charge in [-0.2, -0.15) is 13.2 Å². The fraction of sp³-hybridized carbons (Fsp3) is 0.148. The number of carbonyl (C=O) groups is 2. The van der Waals surface area contributed by atoms with Crippen LogP contribution in [0, 0.1) is 6.92 Å². The SMILES string of the molecule is COc1cc(/C=C2\SC(=S)N(c3ccc(C)cc3)C2=O)ccc1OCC(=O)Nc1cccc(C(F)(F)F)c1. The molecule has 0 radical (unpaired) electrons. The standard InChI is InChI=1S/C27H21F3N2O4S2/c1-16-6-9-20(10-7-16)32-25(34)23(38-26(32)37)13-17-8-11-21(22(12-17)35-2)36-15-24(33)31-19-5-3-4-18(14-19)27(28,29)30/h3-14H,15H2,1-2H3,(H,31,33)/b23-13-. The summed E-state index contributed by atoms with van der Waals surface area (Å²) < 4.78 is 50.0. The molecule has 1 aliphatic rings. The molecule has 4 rings (SSSR count). The van der Waals surface area contributed by atoms with Crippen molar-refractivity contribution in [2.45, 2.75) is 13.1 Å². The number of methoxy groups -OCH3 is 1. The van der Waals surface area contributed by atoms with Gasteiger partial charge in [0.2, 0.25) is 0 Å². The van der Waals surface area contributed by atoms with E-state index in [1.165, 1.54) is 35.9 Å². The van der Waals surface area contributed by atoms with Crippen LogP contribution in [0.5, 0.6) is 11.5 Å². The van der Waals surface area contributed by atoms with Crippen molar-refractivity contribution < 1.29 is 32.2 Å². The number of halogens is 3. The summed E-state index contributed by atoms with van der Waals surface area (Å²) in [6, 6.07) is 16.7. The van der Waals surface area contributed by atoms with E-state index in [0.717, 1.165) is 17.7 Å². The van der Waals surface area contributed by atoms with Crippen LogP contribution in [0.1, 0.15) is 16.7 Å². The van der Waals surface area contributed by atoms with Gasteiger partial charge in [0.25, 0.3) is 11.8 Å². The number of thioether (sulfide) groups is 1. The second kappa shape index (κ2) is 11.3. The fourth-order valence-electron chi connectivity index (χ4n) is 3.54. The number of benzene rings is 3. The van der Waals surface area contributed by atoms with E-state index in [4.69, 9.17) is 21.7 Å². The minimum atomic E-state index is -4.52. The number of hydrogen-bond acceptors (Lipinski definition) is 6. The van der Waals surface area contributed by atoms with Gasteiger partial charge >= 0.3 is 6.18 Å². The van der Waals surface area contributed by atoms with E-state index in [1.807, 2.05) is 31.2 Å². The minimum absolute atomic E-state index is 0.00121. The van der Waals surface area contributed by atoms with Crippen molar-refractivity contribution in [2.75, 3.05) is 23.9 Å². The van der Waals surface area contributed by atoms with Crippen LogP contribution >= 0.6 is 24.0 Å². The molecule has 0 bridgehead atoms. The number of ether oxygens (including phenoxy) is 2. The summed E-state index contributed by atoms with van der Waals surface area (Å²) in [5.41, 5.74) is 1.53. The van der Waals surface area contributed by atoms with Crippen LogP contribution in [0.3, 0.4) is 0 Å². The Morgan fingerprint density at radius 3 is 2.50 bits per heavy atom.